The van der Waals surface area contributed by atoms with Crippen molar-refractivity contribution in [3.05, 3.63) is 72.9 Å². The Kier molecular flexibility index (Phi) is 48.9. The van der Waals surface area contributed by atoms with Gasteiger partial charge in [-0.1, -0.05) is 190 Å². The molecule has 0 bridgehead atoms. The Morgan fingerprint density at radius 1 is 0.317 bits per heavy atom. The summed E-state index contributed by atoms with van der Waals surface area (Å²) in [5, 5.41) is 0. The number of esters is 3. The first kappa shape index (κ1) is 59.9. The molecule has 0 amide bonds. The quantitative estimate of drug-likeness (QED) is 0.0262. The van der Waals surface area contributed by atoms with Crippen LogP contribution in [-0.4, -0.2) is 37.2 Å². The Hall–Kier alpha value is -3.15. The molecular weight excluding hydrogens is 781 g/mol. The average Bonchev–Trinajstić information content (AvgIpc) is 3.28. The lowest BCUT2D eigenvalue weighted by Crippen LogP contribution is -2.30. The number of hydrogen-bond acceptors (Lipinski definition) is 6. The van der Waals surface area contributed by atoms with Crippen LogP contribution in [0.3, 0.4) is 0 Å². The normalized spacial score (nSPS) is 12.6. The van der Waals surface area contributed by atoms with Gasteiger partial charge in [-0.2, -0.15) is 0 Å². The van der Waals surface area contributed by atoms with Crippen molar-refractivity contribution in [3.63, 3.8) is 0 Å². The van der Waals surface area contributed by atoms with Gasteiger partial charge < -0.3 is 14.2 Å². The van der Waals surface area contributed by atoms with E-state index < -0.39 is 6.10 Å². The van der Waals surface area contributed by atoms with Crippen LogP contribution in [0.5, 0.6) is 0 Å². The average molecular weight is 879 g/mol. The van der Waals surface area contributed by atoms with E-state index in [4.69, 9.17) is 14.2 Å². The van der Waals surface area contributed by atoms with Gasteiger partial charge in [0.05, 0.1) is 0 Å². The zero-order chi connectivity index (χ0) is 45.8. The van der Waals surface area contributed by atoms with Crippen molar-refractivity contribution >= 4 is 17.9 Å². The molecule has 0 aliphatic carbocycles. The van der Waals surface area contributed by atoms with Gasteiger partial charge in [-0.25, -0.2) is 0 Å². The monoisotopic (exact) mass is 879 g/mol. The van der Waals surface area contributed by atoms with Crippen molar-refractivity contribution in [2.75, 3.05) is 13.2 Å². The van der Waals surface area contributed by atoms with Gasteiger partial charge in [0, 0.05) is 19.3 Å². The largest absolute Gasteiger partial charge is 0.462 e. The third kappa shape index (κ3) is 49.7. The second-order valence-electron chi connectivity index (χ2n) is 17.4. The lowest BCUT2D eigenvalue weighted by Gasteiger charge is -2.18. The summed E-state index contributed by atoms with van der Waals surface area (Å²) in [6, 6.07) is 0. The van der Waals surface area contributed by atoms with Crippen LogP contribution in [0.1, 0.15) is 252 Å². The van der Waals surface area contributed by atoms with Gasteiger partial charge in [0.1, 0.15) is 13.2 Å². The first-order chi connectivity index (χ1) is 31.0. The van der Waals surface area contributed by atoms with E-state index in [0.717, 1.165) is 96.3 Å². The van der Waals surface area contributed by atoms with Gasteiger partial charge >= 0.3 is 17.9 Å². The molecule has 0 unspecified atom stereocenters. The zero-order valence-electron chi connectivity index (χ0n) is 41.3. The second kappa shape index (κ2) is 51.5. The molecule has 0 rings (SSSR count). The molecule has 6 heteroatoms. The number of carbonyl (C=O) groups is 3. The standard InChI is InChI=1S/C57H98O6/c1-4-7-10-13-16-19-22-25-27-28-30-33-35-38-41-44-47-50-56(59)62-53-54(63-57(60)51-48-45-42-39-36-31-24-21-18-15-12-9-6-3)52-61-55(58)49-46-43-40-37-34-32-29-26-23-20-17-14-11-8-5-2/h16-17,19-21,24-27,29,34,37,54H,4-15,18,22-23,28,30-33,35-36,38-53H2,1-3H3/b19-16-,20-17-,24-21-,27-25-,29-26-,37-34-/t54-/m0/s1. The van der Waals surface area contributed by atoms with Crippen molar-refractivity contribution in [2.45, 2.75) is 258 Å². The highest BCUT2D eigenvalue weighted by atomic mass is 16.6. The molecule has 1 atom stereocenters. The van der Waals surface area contributed by atoms with Crippen molar-refractivity contribution in [2.24, 2.45) is 0 Å². The molecule has 0 aromatic rings. The number of unbranched alkanes of at least 4 members (excludes halogenated alkanes) is 24. The van der Waals surface area contributed by atoms with Gasteiger partial charge in [-0.05, 0) is 116 Å². The molecule has 6 nitrogen and oxygen atoms in total. The summed E-state index contributed by atoms with van der Waals surface area (Å²) in [6.07, 6.45) is 64.5. The van der Waals surface area contributed by atoms with Gasteiger partial charge in [-0.15, -0.1) is 0 Å². The zero-order valence-corrected chi connectivity index (χ0v) is 41.3. The van der Waals surface area contributed by atoms with Gasteiger partial charge in [0.25, 0.3) is 0 Å². The first-order valence-electron chi connectivity index (χ1n) is 26.4. The Morgan fingerprint density at radius 3 is 0.968 bits per heavy atom. The molecule has 0 N–H and O–H groups in total. The summed E-state index contributed by atoms with van der Waals surface area (Å²) in [5.74, 6) is -0.949. The molecule has 0 spiro atoms. The Labute approximate surface area is 389 Å². The molecule has 0 aliphatic heterocycles. The number of rotatable bonds is 47. The van der Waals surface area contributed by atoms with E-state index in [-0.39, 0.29) is 31.1 Å². The summed E-state index contributed by atoms with van der Waals surface area (Å²) in [4.78, 5) is 38.0. The minimum Gasteiger partial charge on any atom is -0.462 e. The van der Waals surface area contributed by atoms with Crippen LogP contribution >= 0.6 is 0 Å². The van der Waals surface area contributed by atoms with Crippen LogP contribution in [0.4, 0.5) is 0 Å². The molecule has 0 fully saturated rings. The molecule has 0 radical (unpaired) electrons. The van der Waals surface area contributed by atoms with E-state index in [1.807, 2.05) is 0 Å². The number of allylic oxidation sites excluding steroid dienone is 12. The Bertz CT molecular complexity index is 1190. The van der Waals surface area contributed by atoms with Crippen LogP contribution < -0.4 is 0 Å². The first-order valence-corrected chi connectivity index (χ1v) is 26.4. The van der Waals surface area contributed by atoms with Gasteiger partial charge in [-0.3, -0.25) is 14.4 Å². The fourth-order valence-electron chi connectivity index (χ4n) is 7.12. The minimum absolute atomic E-state index is 0.0951. The summed E-state index contributed by atoms with van der Waals surface area (Å²) >= 11 is 0. The summed E-state index contributed by atoms with van der Waals surface area (Å²) < 4.78 is 16.8. The van der Waals surface area contributed by atoms with Crippen LogP contribution in [-0.2, 0) is 28.6 Å². The van der Waals surface area contributed by atoms with Crippen LogP contribution in [0.2, 0.25) is 0 Å². The van der Waals surface area contributed by atoms with E-state index in [2.05, 4.69) is 93.7 Å². The summed E-state index contributed by atoms with van der Waals surface area (Å²) in [6.45, 7) is 6.52. The molecule has 362 valence electrons. The Balaban J connectivity index is 4.45. The van der Waals surface area contributed by atoms with Crippen molar-refractivity contribution in [1.29, 1.82) is 0 Å². The maximum absolute atomic E-state index is 12.8. The highest BCUT2D eigenvalue weighted by Gasteiger charge is 2.19. The fourth-order valence-corrected chi connectivity index (χ4v) is 7.12. The number of hydrogen-bond donors (Lipinski definition) is 0. The molecule has 0 aliphatic rings. The maximum Gasteiger partial charge on any atom is 0.306 e. The highest BCUT2D eigenvalue weighted by Crippen LogP contribution is 2.13. The van der Waals surface area contributed by atoms with Gasteiger partial charge in [0.15, 0.2) is 6.10 Å². The smallest absolute Gasteiger partial charge is 0.306 e. The predicted octanol–water partition coefficient (Wildman–Crippen LogP) is 17.4. The minimum atomic E-state index is -0.798. The van der Waals surface area contributed by atoms with Gasteiger partial charge in [0.2, 0.25) is 0 Å². The van der Waals surface area contributed by atoms with Crippen molar-refractivity contribution < 1.29 is 28.6 Å². The van der Waals surface area contributed by atoms with E-state index in [0.29, 0.717) is 19.3 Å². The topological polar surface area (TPSA) is 78.9 Å². The highest BCUT2D eigenvalue weighted by molar-refractivity contribution is 5.71. The molecule has 0 saturated carbocycles. The molecule has 0 aromatic carbocycles. The molecule has 0 aromatic heterocycles. The molecular formula is C57H98O6. The lowest BCUT2D eigenvalue weighted by molar-refractivity contribution is -0.167. The third-order valence-corrected chi connectivity index (χ3v) is 11.2. The summed E-state index contributed by atoms with van der Waals surface area (Å²) in [7, 11) is 0. The van der Waals surface area contributed by atoms with Crippen molar-refractivity contribution in [3.8, 4) is 0 Å². The number of carbonyl (C=O) groups excluding carboxylic acids is 3. The van der Waals surface area contributed by atoms with Crippen LogP contribution in [0, 0.1) is 0 Å². The second-order valence-corrected chi connectivity index (χ2v) is 17.4. The SMILES string of the molecule is CCCCC/C=C\C/C=C\C/C=C\CCCCC(=O)OC[C@@H](COC(=O)CCCCCCCCC/C=C\C/C=C\CCCCC)OC(=O)CCCCCCC/C=C\CCCCCC. The lowest BCUT2D eigenvalue weighted by atomic mass is 10.1. The van der Waals surface area contributed by atoms with E-state index in [9.17, 15) is 14.4 Å². The van der Waals surface area contributed by atoms with Crippen LogP contribution in [0.15, 0.2) is 72.9 Å². The van der Waals surface area contributed by atoms with E-state index >= 15 is 0 Å². The molecule has 0 heterocycles. The molecule has 63 heavy (non-hydrogen) atoms. The van der Waals surface area contributed by atoms with E-state index in [1.165, 1.54) is 116 Å². The molecule has 0 saturated heterocycles. The fraction of sp³-hybridized carbons (Fsp3) is 0.737. The van der Waals surface area contributed by atoms with Crippen LogP contribution in [0.25, 0.3) is 0 Å². The Morgan fingerprint density at radius 2 is 0.571 bits per heavy atom. The van der Waals surface area contributed by atoms with E-state index in [1.54, 1.807) is 0 Å². The van der Waals surface area contributed by atoms with Crippen molar-refractivity contribution in [1.82, 2.24) is 0 Å². The predicted molar refractivity (Wildman–Crippen MR) is 270 cm³/mol. The number of ether oxygens (including phenoxy) is 3. The third-order valence-electron chi connectivity index (χ3n) is 11.2. The summed E-state index contributed by atoms with van der Waals surface area (Å²) in [5.41, 5.74) is 0. The maximum atomic E-state index is 12.8.